The van der Waals surface area contributed by atoms with Gasteiger partial charge in [0.05, 0.1) is 6.04 Å². The number of aromatic amines is 1. The van der Waals surface area contributed by atoms with Crippen molar-refractivity contribution in [2.75, 3.05) is 0 Å². The standard InChI is InChI=1S/C15H19N3O2/c1-15(2,3)11(16)12-17-13(19)10(14(20)18-12)9-7-5-4-6-8-9/h4-8,11H,16H2,1-3H3,(H2,17,18,19,20). The smallest absolute Gasteiger partial charge is 0.262 e. The van der Waals surface area contributed by atoms with Gasteiger partial charge in [-0.05, 0) is 11.0 Å². The van der Waals surface area contributed by atoms with Gasteiger partial charge in [0.2, 0.25) is 5.88 Å². The molecule has 1 aromatic carbocycles. The van der Waals surface area contributed by atoms with Gasteiger partial charge in [0.1, 0.15) is 11.4 Å². The van der Waals surface area contributed by atoms with E-state index in [0.29, 0.717) is 11.4 Å². The van der Waals surface area contributed by atoms with Gasteiger partial charge in [0.15, 0.2) is 0 Å². The fourth-order valence-corrected chi connectivity index (χ4v) is 1.90. The van der Waals surface area contributed by atoms with Crippen molar-refractivity contribution in [3.63, 3.8) is 0 Å². The number of nitrogens with two attached hydrogens (primary N) is 1. The maximum absolute atomic E-state index is 12.2. The number of aromatic hydroxyl groups is 1. The lowest BCUT2D eigenvalue weighted by atomic mass is 9.87. The highest BCUT2D eigenvalue weighted by molar-refractivity contribution is 5.66. The summed E-state index contributed by atoms with van der Waals surface area (Å²) >= 11 is 0. The van der Waals surface area contributed by atoms with Crippen LogP contribution in [0.5, 0.6) is 5.88 Å². The number of benzene rings is 1. The Balaban J connectivity index is 2.54. The van der Waals surface area contributed by atoms with E-state index >= 15 is 0 Å². The molecule has 0 spiro atoms. The number of hydrogen-bond donors (Lipinski definition) is 3. The molecule has 0 aliphatic heterocycles. The van der Waals surface area contributed by atoms with Gasteiger partial charge in [0, 0.05) is 0 Å². The number of aromatic nitrogens is 2. The molecule has 0 fully saturated rings. The normalized spacial score (nSPS) is 13.2. The van der Waals surface area contributed by atoms with E-state index < -0.39 is 11.6 Å². The molecule has 1 heterocycles. The molecule has 1 aromatic heterocycles. The van der Waals surface area contributed by atoms with Crippen LogP contribution in [0.3, 0.4) is 0 Å². The van der Waals surface area contributed by atoms with Crippen LogP contribution < -0.4 is 11.3 Å². The van der Waals surface area contributed by atoms with Gasteiger partial charge in [-0.2, -0.15) is 4.98 Å². The van der Waals surface area contributed by atoms with Crippen LogP contribution in [0.1, 0.15) is 32.6 Å². The molecule has 20 heavy (non-hydrogen) atoms. The molecule has 2 aromatic rings. The van der Waals surface area contributed by atoms with E-state index in [9.17, 15) is 9.90 Å². The first-order chi connectivity index (χ1) is 9.30. The molecule has 0 bridgehead atoms. The molecule has 106 valence electrons. The van der Waals surface area contributed by atoms with E-state index in [1.54, 1.807) is 24.3 Å². The third kappa shape index (κ3) is 2.72. The van der Waals surface area contributed by atoms with E-state index in [-0.39, 0.29) is 16.9 Å². The van der Waals surface area contributed by atoms with Crippen molar-refractivity contribution < 1.29 is 5.11 Å². The summed E-state index contributed by atoms with van der Waals surface area (Å²) in [5, 5.41) is 10.1. The lowest BCUT2D eigenvalue weighted by Gasteiger charge is -2.26. The van der Waals surface area contributed by atoms with Gasteiger partial charge in [0.25, 0.3) is 5.56 Å². The monoisotopic (exact) mass is 273 g/mol. The summed E-state index contributed by atoms with van der Waals surface area (Å²) in [6.07, 6.45) is 0. The van der Waals surface area contributed by atoms with E-state index in [1.807, 2.05) is 26.8 Å². The van der Waals surface area contributed by atoms with Crippen LogP contribution in [0.2, 0.25) is 0 Å². The maximum atomic E-state index is 12.2. The van der Waals surface area contributed by atoms with Crippen molar-refractivity contribution in [3.8, 4) is 17.0 Å². The molecule has 0 aliphatic carbocycles. The lowest BCUT2D eigenvalue weighted by Crippen LogP contribution is -2.30. The molecule has 0 amide bonds. The SMILES string of the molecule is CC(C)(C)C(N)c1nc(O)c(-c2ccccc2)c(=O)[nH]1. The van der Waals surface area contributed by atoms with E-state index in [2.05, 4.69) is 9.97 Å². The summed E-state index contributed by atoms with van der Waals surface area (Å²) in [7, 11) is 0. The molecule has 2 rings (SSSR count). The highest BCUT2D eigenvalue weighted by Crippen LogP contribution is 2.30. The zero-order chi connectivity index (χ0) is 14.9. The van der Waals surface area contributed by atoms with Crippen LogP contribution in [0, 0.1) is 5.41 Å². The van der Waals surface area contributed by atoms with Crippen LogP contribution in [0.4, 0.5) is 0 Å². The highest BCUT2D eigenvalue weighted by atomic mass is 16.3. The Morgan fingerprint density at radius 3 is 2.35 bits per heavy atom. The molecular formula is C15H19N3O2. The molecular weight excluding hydrogens is 254 g/mol. The van der Waals surface area contributed by atoms with Crippen LogP contribution in [-0.2, 0) is 0 Å². The van der Waals surface area contributed by atoms with Gasteiger partial charge in [-0.15, -0.1) is 0 Å². The van der Waals surface area contributed by atoms with Gasteiger partial charge in [-0.1, -0.05) is 51.1 Å². The zero-order valence-corrected chi connectivity index (χ0v) is 11.8. The number of nitrogens with zero attached hydrogens (tertiary/aromatic N) is 1. The van der Waals surface area contributed by atoms with Gasteiger partial charge < -0.3 is 15.8 Å². The molecule has 0 radical (unpaired) electrons. The average molecular weight is 273 g/mol. The first-order valence-corrected chi connectivity index (χ1v) is 6.45. The first kappa shape index (κ1) is 14.3. The minimum absolute atomic E-state index is 0.162. The summed E-state index contributed by atoms with van der Waals surface area (Å²) in [6.45, 7) is 5.83. The number of hydrogen-bond acceptors (Lipinski definition) is 4. The number of rotatable bonds is 2. The summed E-state index contributed by atoms with van der Waals surface area (Å²) < 4.78 is 0. The summed E-state index contributed by atoms with van der Waals surface area (Å²) in [6, 6.07) is 8.45. The lowest BCUT2D eigenvalue weighted by molar-refractivity contribution is 0.311. The predicted octanol–water partition coefficient (Wildman–Crippen LogP) is 2.19. The Bertz CT molecular complexity index is 657. The number of H-pyrrole nitrogens is 1. The van der Waals surface area contributed by atoms with Gasteiger partial charge >= 0.3 is 0 Å². The largest absolute Gasteiger partial charge is 0.493 e. The average Bonchev–Trinajstić information content (AvgIpc) is 2.37. The minimum Gasteiger partial charge on any atom is -0.493 e. The van der Waals surface area contributed by atoms with Crippen molar-refractivity contribution in [1.82, 2.24) is 9.97 Å². The molecule has 0 aliphatic rings. The van der Waals surface area contributed by atoms with Crippen molar-refractivity contribution in [2.24, 2.45) is 11.1 Å². The van der Waals surface area contributed by atoms with E-state index in [0.717, 1.165) is 0 Å². The third-order valence-corrected chi connectivity index (χ3v) is 3.21. The quantitative estimate of drug-likeness (QED) is 0.782. The summed E-state index contributed by atoms with van der Waals surface area (Å²) in [5.74, 6) is -0.00525. The second-order valence-electron chi connectivity index (χ2n) is 5.86. The Hall–Kier alpha value is -2.14. The predicted molar refractivity (Wildman–Crippen MR) is 78.3 cm³/mol. The fourth-order valence-electron chi connectivity index (χ4n) is 1.90. The fraction of sp³-hybridized carbons (Fsp3) is 0.333. The second kappa shape index (κ2) is 5.09. The van der Waals surface area contributed by atoms with Crippen LogP contribution in [0.25, 0.3) is 11.1 Å². The van der Waals surface area contributed by atoms with Crippen molar-refractivity contribution in [3.05, 3.63) is 46.5 Å². The van der Waals surface area contributed by atoms with Crippen LogP contribution in [-0.4, -0.2) is 15.1 Å². The van der Waals surface area contributed by atoms with Gasteiger partial charge in [-0.25, -0.2) is 0 Å². The Morgan fingerprint density at radius 1 is 1.25 bits per heavy atom. The van der Waals surface area contributed by atoms with Gasteiger partial charge in [-0.3, -0.25) is 4.79 Å². The highest BCUT2D eigenvalue weighted by Gasteiger charge is 2.26. The third-order valence-electron chi connectivity index (χ3n) is 3.21. The molecule has 5 nitrogen and oxygen atoms in total. The number of nitrogens with one attached hydrogen (secondary N) is 1. The van der Waals surface area contributed by atoms with Crippen molar-refractivity contribution in [2.45, 2.75) is 26.8 Å². The Labute approximate surface area is 117 Å². The van der Waals surface area contributed by atoms with Crippen LogP contribution in [0.15, 0.2) is 35.1 Å². The maximum Gasteiger partial charge on any atom is 0.262 e. The summed E-state index contributed by atoms with van der Waals surface area (Å²) in [4.78, 5) is 18.9. The molecule has 0 saturated carbocycles. The first-order valence-electron chi connectivity index (χ1n) is 6.45. The molecule has 4 N–H and O–H groups in total. The topological polar surface area (TPSA) is 92.0 Å². The van der Waals surface area contributed by atoms with E-state index in [4.69, 9.17) is 5.73 Å². The van der Waals surface area contributed by atoms with E-state index in [1.165, 1.54) is 0 Å². The van der Waals surface area contributed by atoms with Crippen LogP contribution >= 0.6 is 0 Å². The molecule has 1 unspecified atom stereocenters. The Kier molecular flexibility index (Phi) is 3.63. The Morgan fingerprint density at radius 2 is 1.85 bits per heavy atom. The molecule has 1 atom stereocenters. The van der Waals surface area contributed by atoms with Crippen molar-refractivity contribution >= 4 is 0 Å². The summed E-state index contributed by atoms with van der Waals surface area (Å²) in [5.41, 5.74) is 6.18. The van der Waals surface area contributed by atoms with Crippen molar-refractivity contribution in [1.29, 1.82) is 0 Å². The second-order valence-corrected chi connectivity index (χ2v) is 5.86. The molecule has 5 heteroatoms. The zero-order valence-electron chi connectivity index (χ0n) is 11.8. The minimum atomic E-state index is -0.467. The molecule has 0 saturated heterocycles.